The standard InChI is InChI=1S/C33H35N9O.CH4/c1-4-39(5-2)32(24-9-7-6-8-10-24)33(43)41-15-13-40(14-16-41)30-12-11-25(19-35-30)29-17-26(28-21-36-38(3)22-28)23-42-31(29)27(18-34)20-37-42;/h6-12,17,19-23,32H,4-5,13-16H2,1-3H3;1H4. The Hall–Kier alpha value is -5.01. The molecule has 0 spiro atoms. The van der Waals surface area contributed by atoms with Crippen LogP contribution in [0.4, 0.5) is 5.82 Å². The summed E-state index contributed by atoms with van der Waals surface area (Å²) in [6.07, 6.45) is 9.14. The van der Waals surface area contributed by atoms with Crippen LogP contribution in [-0.4, -0.2) is 79.4 Å². The SMILES string of the molecule is C.CCN(CC)C(C(=O)N1CCN(c2ccc(-c3cc(-c4cnn(C)c4)cn4ncc(C#N)c34)cn2)CC1)c1ccccc1. The lowest BCUT2D eigenvalue weighted by Gasteiger charge is -2.39. The smallest absolute Gasteiger partial charge is 0.244 e. The first-order valence-electron chi connectivity index (χ1n) is 14.7. The summed E-state index contributed by atoms with van der Waals surface area (Å²) in [6, 6.07) is 18.2. The maximum Gasteiger partial charge on any atom is 0.244 e. The third kappa shape index (κ3) is 5.79. The molecule has 5 aromatic rings. The van der Waals surface area contributed by atoms with E-state index < -0.39 is 0 Å². The number of hydrogen-bond donors (Lipinski definition) is 0. The van der Waals surface area contributed by atoms with Gasteiger partial charge in [-0.15, -0.1) is 0 Å². The minimum atomic E-state index is -0.277. The van der Waals surface area contributed by atoms with Gasteiger partial charge in [0.25, 0.3) is 0 Å². The van der Waals surface area contributed by atoms with Gasteiger partial charge >= 0.3 is 0 Å². The Morgan fingerprint density at radius 1 is 0.932 bits per heavy atom. The third-order valence-corrected chi connectivity index (χ3v) is 8.27. The van der Waals surface area contributed by atoms with E-state index in [1.165, 1.54) is 0 Å². The van der Waals surface area contributed by atoms with Gasteiger partial charge in [0.15, 0.2) is 0 Å². The lowest BCUT2D eigenvalue weighted by molar-refractivity contribution is -0.137. The predicted molar refractivity (Wildman–Crippen MR) is 173 cm³/mol. The van der Waals surface area contributed by atoms with Crippen molar-refractivity contribution in [3.05, 3.63) is 90.6 Å². The molecule has 44 heavy (non-hydrogen) atoms. The number of anilines is 1. The molecule has 1 saturated heterocycles. The van der Waals surface area contributed by atoms with E-state index in [0.717, 1.165) is 52.2 Å². The highest BCUT2D eigenvalue weighted by Crippen LogP contribution is 2.32. The molecule has 1 aliphatic heterocycles. The van der Waals surface area contributed by atoms with E-state index in [1.807, 2.05) is 79.2 Å². The number of likely N-dealkylation sites (N-methyl/N-ethyl adjacent to an activating group) is 1. The first kappa shape index (κ1) is 30.4. The van der Waals surface area contributed by atoms with Crippen LogP contribution >= 0.6 is 0 Å². The van der Waals surface area contributed by atoms with Crippen LogP contribution in [0.1, 0.15) is 38.4 Å². The Balaban J connectivity index is 0.00000384. The summed E-state index contributed by atoms with van der Waals surface area (Å²) in [5.41, 5.74) is 5.99. The van der Waals surface area contributed by atoms with Gasteiger partial charge in [-0.2, -0.15) is 15.5 Å². The number of rotatable bonds is 8. The number of piperazine rings is 1. The second-order valence-electron chi connectivity index (χ2n) is 10.8. The van der Waals surface area contributed by atoms with Crippen LogP contribution in [0.5, 0.6) is 0 Å². The summed E-state index contributed by atoms with van der Waals surface area (Å²) >= 11 is 0. The predicted octanol–water partition coefficient (Wildman–Crippen LogP) is 5.04. The van der Waals surface area contributed by atoms with Gasteiger partial charge in [-0.3, -0.25) is 14.4 Å². The van der Waals surface area contributed by atoms with Gasteiger partial charge in [0.1, 0.15) is 17.9 Å². The van der Waals surface area contributed by atoms with Crippen molar-refractivity contribution in [3.8, 4) is 28.3 Å². The van der Waals surface area contributed by atoms with Crippen molar-refractivity contribution in [2.45, 2.75) is 27.3 Å². The van der Waals surface area contributed by atoms with Crippen LogP contribution in [0.25, 0.3) is 27.8 Å². The van der Waals surface area contributed by atoms with Gasteiger partial charge in [-0.25, -0.2) is 9.50 Å². The average Bonchev–Trinajstić information content (AvgIpc) is 3.69. The Bertz CT molecular complexity index is 1760. The normalized spacial score (nSPS) is 14.0. The van der Waals surface area contributed by atoms with Crippen molar-refractivity contribution < 1.29 is 4.79 Å². The molecule has 10 heteroatoms. The fraction of sp³-hybridized carbons (Fsp3) is 0.324. The molecule has 0 saturated carbocycles. The molecular formula is C34H39N9O. The molecule has 1 atom stereocenters. The molecule has 1 fully saturated rings. The summed E-state index contributed by atoms with van der Waals surface area (Å²) in [5, 5.41) is 18.5. The molecule has 10 nitrogen and oxygen atoms in total. The van der Waals surface area contributed by atoms with Gasteiger partial charge in [0, 0.05) is 74.1 Å². The summed E-state index contributed by atoms with van der Waals surface area (Å²) in [7, 11) is 1.88. The molecule has 1 aromatic carbocycles. The van der Waals surface area contributed by atoms with Gasteiger partial charge < -0.3 is 9.80 Å². The number of aromatic nitrogens is 5. The third-order valence-electron chi connectivity index (χ3n) is 8.27. The quantitative estimate of drug-likeness (QED) is 0.250. The average molecular weight is 590 g/mol. The van der Waals surface area contributed by atoms with Gasteiger partial charge in [0.05, 0.1) is 23.5 Å². The van der Waals surface area contributed by atoms with E-state index >= 15 is 0 Å². The zero-order valence-electron chi connectivity index (χ0n) is 24.8. The summed E-state index contributed by atoms with van der Waals surface area (Å²) < 4.78 is 3.51. The number of carbonyl (C=O) groups is 1. The van der Waals surface area contributed by atoms with Crippen LogP contribution in [-0.2, 0) is 11.8 Å². The first-order valence-corrected chi connectivity index (χ1v) is 14.7. The van der Waals surface area contributed by atoms with Crippen LogP contribution in [0.3, 0.4) is 0 Å². The number of fused-ring (bicyclic) bond motifs is 1. The molecule has 1 unspecified atom stereocenters. The van der Waals surface area contributed by atoms with Crippen molar-refractivity contribution in [1.29, 1.82) is 5.26 Å². The zero-order chi connectivity index (χ0) is 29.9. The minimum absolute atomic E-state index is 0. The molecule has 6 rings (SSSR count). The van der Waals surface area contributed by atoms with Crippen molar-refractivity contribution in [2.24, 2.45) is 7.05 Å². The van der Waals surface area contributed by atoms with Crippen LogP contribution in [0, 0.1) is 11.3 Å². The molecule has 0 radical (unpaired) electrons. The first-order chi connectivity index (χ1) is 21.0. The highest BCUT2D eigenvalue weighted by molar-refractivity contribution is 5.87. The van der Waals surface area contributed by atoms with Gasteiger partial charge in [-0.05, 0) is 36.9 Å². The number of nitriles is 1. The topological polar surface area (TPSA) is 98.6 Å². The number of amides is 1. The van der Waals surface area contributed by atoms with Crippen molar-refractivity contribution in [1.82, 2.24) is 34.2 Å². The van der Waals surface area contributed by atoms with Crippen molar-refractivity contribution in [2.75, 3.05) is 44.2 Å². The molecule has 0 bridgehead atoms. The number of pyridine rings is 2. The molecular weight excluding hydrogens is 550 g/mol. The summed E-state index contributed by atoms with van der Waals surface area (Å²) in [4.78, 5) is 25.1. The van der Waals surface area contributed by atoms with Crippen molar-refractivity contribution in [3.63, 3.8) is 0 Å². The number of aryl methyl sites for hydroxylation is 1. The molecule has 4 aromatic heterocycles. The Morgan fingerprint density at radius 3 is 2.30 bits per heavy atom. The molecule has 1 aliphatic rings. The lowest BCUT2D eigenvalue weighted by Crippen LogP contribution is -2.52. The van der Waals surface area contributed by atoms with E-state index in [1.54, 1.807) is 15.4 Å². The summed E-state index contributed by atoms with van der Waals surface area (Å²) in [6.45, 7) is 8.53. The van der Waals surface area contributed by atoms with Crippen LogP contribution < -0.4 is 4.90 Å². The highest BCUT2D eigenvalue weighted by atomic mass is 16.2. The molecule has 226 valence electrons. The lowest BCUT2D eigenvalue weighted by atomic mass is 10.0. The molecule has 1 amide bonds. The van der Waals surface area contributed by atoms with E-state index in [9.17, 15) is 10.1 Å². The highest BCUT2D eigenvalue weighted by Gasteiger charge is 2.32. The van der Waals surface area contributed by atoms with Gasteiger partial charge in [0.2, 0.25) is 5.91 Å². The Labute approximate surface area is 258 Å². The van der Waals surface area contributed by atoms with E-state index in [2.05, 4.69) is 46.0 Å². The number of carbonyl (C=O) groups excluding carboxylic acids is 1. The molecule has 0 aliphatic carbocycles. The fourth-order valence-corrected chi connectivity index (χ4v) is 5.95. The molecule has 0 N–H and O–H groups in total. The summed E-state index contributed by atoms with van der Waals surface area (Å²) in [5.74, 6) is 1.03. The van der Waals surface area contributed by atoms with Crippen LogP contribution in [0.15, 0.2) is 79.5 Å². The monoisotopic (exact) mass is 589 g/mol. The fourth-order valence-electron chi connectivity index (χ4n) is 5.95. The van der Waals surface area contributed by atoms with E-state index in [0.29, 0.717) is 31.7 Å². The van der Waals surface area contributed by atoms with Gasteiger partial charge in [-0.1, -0.05) is 51.6 Å². The zero-order valence-corrected chi connectivity index (χ0v) is 24.8. The number of benzene rings is 1. The largest absolute Gasteiger partial charge is 0.353 e. The maximum absolute atomic E-state index is 13.8. The second-order valence-corrected chi connectivity index (χ2v) is 10.8. The Kier molecular flexibility index (Phi) is 9.07. The van der Waals surface area contributed by atoms with Crippen molar-refractivity contribution >= 4 is 17.2 Å². The second kappa shape index (κ2) is 13.1. The van der Waals surface area contributed by atoms with Crippen LogP contribution in [0.2, 0.25) is 0 Å². The van der Waals surface area contributed by atoms with E-state index in [-0.39, 0.29) is 19.4 Å². The minimum Gasteiger partial charge on any atom is -0.353 e. The maximum atomic E-state index is 13.8. The number of hydrogen-bond acceptors (Lipinski definition) is 7. The number of nitrogens with zero attached hydrogens (tertiary/aromatic N) is 9. The molecule has 5 heterocycles. The Morgan fingerprint density at radius 2 is 1.68 bits per heavy atom. The van der Waals surface area contributed by atoms with E-state index in [4.69, 9.17) is 4.98 Å².